The van der Waals surface area contributed by atoms with Crippen molar-refractivity contribution < 1.29 is 14.3 Å². The molecule has 0 radical (unpaired) electrons. The summed E-state index contributed by atoms with van der Waals surface area (Å²) in [6.45, 7) is 1.86. The molecule has 0 bridgehead atoms. The highest BCUT2D eigenvalue weighted by molar-refractivity contribution is 9.10. The Labute approximate surface area is 143 Å². The van der Waals surface area contributed by atoms with Crippen LogP contribution in [0.15, 0.2) is 52.0 Å². The van der Waals surface area contributed by atoms with Gasteiger partial charge < -0.3 is 9.47 Å². The average molecular weight is 377 g/mol. The van der Waals surface area contributed by atoms with Crippen molar-refractivity contribution in [3.8, 4) is 11.5 Å². The minimum Gasteiger partial charge on any atom is -0.496 e. The van der Waals surface area contributed by atoms with E-state index in [2.05, 4.69) is 26.5 Å². The number of rotatable bonds is 6. The van der Waals surface area contributed by atoms with Gasteiger partial charge in [-0.15, -0.1) is 0 Å². The number of carbonyl (C=O) groups excluding carboxylic acids is 1. The Bertz CT molecular complexity index is 717. The highest BCUT2D eigenvalue weighted by atomic mass is 79.9. The number of nitrogens with zero attached hydrogens (tertiary/aromatic N) is 1. The largest absolute Gasteiger partial charge is 0.496 e. The summed E-state index contributed by atoms with van der Waals surface area (Å²) in [5.74, 6) is 0.983. The number of methoxy groups -OCH3 is 1. The minimum absolute atomic E-state index is 0.101. The van der Waals surface area contributed by atoms with Gasteiger partial charge in [-0.1, -0.05) is 28.1 Å². The number of benzene rings is 2. The zero-order valence-corrected chi connectivity index (χ0v) is 14.5. The van der Waals surface area contributed by atoms with E-state index in [0.29, 0.717) is 11.5 Å². The van der Waals surface area contributed by atoms with Crippen LogP contribution in [0.4, 0.5) is 0 Å². The standard InChI is InChI=1S/C17H17BrN2O3/c1-12-4-3-5-15(8-12)23-11-17(21)20-19-10-13-9-14(18)6-7-16(13)22-2/h3-10H,11H2,1-2H3,(H,20,21)/b19-10+. The molecule has 1 amide bonds. The Kier molecular flexibility index (Phi) is 6.17. The van der Waals surface area contributed by atoms with Gasteiger partial charge in [0.2, 0.25) is 0 Å². The number of nitrogens with one attached hydrogen (secondary N) is 1. The maximum absolute atomic E-state index is 11.7. The molecule has 0 aliphatic rings. The number of hydrogen-bond acceptors (Lipinski definition) is 4. The van der Waals surface area contributed by atoms with Crippen molar-refractivity contribution in [2.75, 3.05) is 13.7 Å². The van der Waals surface area contributed by atoms with Crippen molar-refractivity contribution in [1.29, 1.82) is 0 Å². The molecule has 0 saturated heterocycles. The molecule has 0 unspecified atom stereocenters. The number of amides is 1. The van der Waals surface area contributed by atoms with Gasteiger partial charge in [-0.3, -0.25) is 4.79 Å². The van der Waals surface area contributed by atoms with Crippen LogP contribution >= 0.6 is 15.9 Å². The van der Waals surface area contributed by atoms with Gasteiger partial charge >= 0.3 is 0 Å². The summed E-state index contributed by atoms with van der Waals surface area (Å²) in [5, 5.41) is 3.92. The fourth-order valence-electron chi connectivity index (χ4n) is 1.87. The fourth-order valence-corrected chi connectivity index (χ4v) is 2.24. The molecule has 120 valence electrons. The van der Waals surface area contributed by atoms with Crippen LogP contribution in [-0.2, 0) is 4.79 Å². The van der Waals surface area contributed by atoms with E-state index in [9.17, 15) is 4.79 Å². The third-order valence-electron chi connectivity index (χ3n) is 2.94. The number of hydrazone groups is 1. The van der Waals surface area contributed by atoms with Crippen molar-refractivity contribution >= 4 is 28.1 Å². The minimum atomic E-state index is -0.336. The molecule has 6 heteroatoms. The van der Waals surface area contributed by atoms with E-state index in [0.717, 1.165) is 15.6 Å². The molecule has 0 aliphatic heterocycles. The van der Waals surface area contributed by atoms with Gasteiger partial charge in [0.25, 0.3) is 5.91 Å². The molecule has 2 aromatic carbocycles. The van der Waals surface area contributed by atoms with E-state index in [4.69, 9.17) is 9.47 Å². The van der Waals surface area contributed by atoms with Gasteiger partial charge in [0.15, 0.2) is 6.61 Å². The molecule has 0 aromatic heterocycles. The Morgan fingerprint density at radius 1 is 1.30 bits per heavy atom. The topological polar surface area (TPSA) is 59.9 Å². The Hall–Kier alpha value is -2.34. The molecule has 1 N–H and O–H groups in total. The number of ether oxygens (including phenoxy) is 2. The molecule has 2 aromatic rings. The van der Waals surface area contributed by atoms with E-state index in [-0.39, 0.29) is 12.5 Å². The molecule has 0 fully saturated rings. The quantitative estimate of drug-likeness (QED) is 0.621. The van der Waals surface area contributed by atoms with Crippen LogP contribution in [0.5, 0.6) is 11.5 Å². The SMILES string of the molecule is COc1ccc(Br)cc1/C=N/NC(=O)COc1cccc(C)c1. The lowest BCUT2D eigenvalue weighted by Gasteiger charge is -2.06. The molecule has 23 heavy (non-hydrogen) atoms. The van der Waals surface area contributed by atoms with Crippen LogP contribution in [0, 0.1) is 6.92 Å². The van der Waals surface area contributed by atoms with E-state index < -0.39 is 0 Å². The van der Waals surface area contributed by atoms with Crippen molar-refractivity contribution in [3.05, 3.63) is 58.1 Å². The smallest absolute Gasteiger partial charge is 0.277 e. The monoisotopic (exact) mass is 376 g/mol. The first-order valence-corrected chi connectivity index (χ1v) is 7.72. The van der Waals surface area contributed by atoms with Gasteiger partial charge in [0.05, 0.1) is 13.3 Å². The summed E-state index contributed by atoms with van der Waals surface area (Å²) in [5.41, 5.74) is 4.24. The van der Waals surface area contributed by atoms with Crippen LogP contribution in [0.3, 0.4) is 0 Å². The lowest BCUT2D eigenvalue weighted by molar-refractivity contribution is -0.123. The second-order valence-corrected chi connectivity index (χ2v) is 5.70. The summed E-state index contributed by atoms with van der Waals surface area (Å²) >= 11 is 3.38. The molecule has 0 heterocycles. The van der Waals surface area contributed by atoms with Crippen LogP contribution < -0.4 is 14.9 Å². The van der Waals surface area contributed by atoms with Gasteiger partial charge in [-0.25, -0.2) is 5.43 Å². The lowest BCUT2D eigenvalue weighted by Crippen LogP contribution is -2.24. The van der Waals surface area contributed by atoms with Crippen molar-refractivity contribution in [2.24, 2.45) is 5.10 Å². The molecule has 2 rings (SSSR count). The van der Waals surface area contributed by atoms with Crippen LogP contribution in [-0.4, -0.2) is 25.8 Å². The Balaban J connectivity index is 1.88. The van der Waals surface area contributed by atoms with Crippen molar-refractivity contribution in [2.45, 2.75) is 6.92 Å². The molecular weight excluding hydrogens is 360 g/mol. The third-order valence-corrected chi connectivity index (χ3v) is 3.44. The van der Waals surface area contributed by atoms with Gasteiger partial charge in [-0.05, 0) is 42.8 Å². The summed E-state index contributed by atoms with van der Waals surface area (Å²) < 4.78 is 11.5. The summed E-state index contributed by atoms with van der Waals surface area (Å²) in [6, 6.07) is 13.0. The number of hydrogen-bond donors (Lipinski definition) is 1. The zero-order chi connectivity index (χ0) is 16.7. The fraction of sp³-hybridized carbons (Fsp3) is 0.176. The highest BCUT2D eigenvalue weighted by Crippen LogP contribution is 2.21. The first kappa shape index (κ1) is 17.0. The first-order chi connectivity index (χ1) is 11.1. The summed E-state index contributed by atoms with van der Waals surface area (Å²) in [4.78, 5) is 11.7. The second kappa shape index (κ2) is 8.33. The lowest BCUT2D eigenvalue weighted by atomic mass is 10.2. The summed E-state index contributed by atoms with van der Waals surface area (Å²) in [7, 11) is 1.58. The molecule has 0 atom stereocenters. The maximum atomic E-state index is 11.7. The maximum Gasteiger partial charge on any atom is 0.277 e. The molecule has 0 spiro atoms. The van der Waals surface area contributed by atoms with Crippen molar-refractivity contribution in [3.63, 3.8) is 0 Å². The van der Waals surface area contributed by atoms with Crippen LogP contribution in [0.1, 0.15) is 11.1 Å². The Morgan fingerprint density at radius 3 is 2.87 bits per heavy atom. The predicted octanol–water partition coefficient (Wildman–Crippen LogP) is 3.30. The second-order valence-electron chi connectivity index (χ2n) is 4.78. The highest BCUT2D eigenvalue weighted by Gasteiger charge is 2.03. The molecule has 0 saturated carbocycles. The van der Waals surface area contributed by atoms with Crippen molar-refractivity contribution in [1.82, 2.24) is 5.43 Å². The predicted molar refractivity (Wildman–Crippen MR) is 93.1 cm³/mol. The third kappa shape index (κ3) is 5.41. The van der Waals surface area contributed by atoms with E-state index in [1.165, 1.54) is 6.21 Å². The Morgan fingerprint density at radius 2 is 2.13 bits per heavy atom. The van der Waals surface area contributed by atoms with Gasteiger partial charge in [-0.2, -0.15) is 5.10 Å². The molecule has 5 nitrogen and oxygen atoms in total. The zero-order valence-electron chi connectivity index (χ0n) is 12.9. The van der Waals surface area contributed by atoms with Crippen LogP contribution in [0.25, 0.3) is 0 Å². The number of halogens is 1. The molecule has 0 aliphatic carbocycles. The van der Waals surface area contributed by atoms with Crippen LogP contribution in [0.2, 0.25) is 0 Å². The number of carbonyl (C=O) groups is 1. The number of aryl methyl sites for hydroxylation is 1. The first-order valence-electron chi connectivity index (χ1n) is 6.93. The average Bonchev–Trinajstić information content (AvgIpc) is 2.53. The van der Waals surface area contributed by atoms with Gasteiger partial charge in [0.1, 0.15) is 11.5 Å². The van der Waals surface area contributed by atoms with Gasteiger partial charge in [0, 0.05) is 10.0 Å². The summed E-state index contributed by atoms with van der Waals surface area (Å²) in [6.07, 6.45) is 1.52. The van der Waals surface area contributed by atoms with E-state index >= 15 is 0 Å². The van der Waals surface area contributed by atoms with E-state index in [1.807, 2.05) is 43.3 Å². The molecular formula is C17H17BrN2O3. The van der Waals surface area contributed by atoms with E-state index in [1.54, 1.807) is 13.2 Å². The normalized spacial score (nSPS) is 10.6.